The largest absolute Gasteiger partial charge is 0.508 e. The summed E-state index contributed by atoms with van der Waals surface area (Å²) in [6.07, 6.45) is -1.62. The molecule has 4 rings (SSSR count). The molecule has 0 unspecified atom stereocenters. The Morgan fingerprint density at radius 2 is 1.71 bits per heavy atom. The molecule has 0 saturated heterocycles. The van der Waals surface area contributed by atoms with Crippen molar-refractivity contribution in [3.63, 3.8) is 0 Å². The molecule has 2 aliphatic heterocycles. The van der Waals surface area contributed by atoms with E-state index in [2.05, 4.69) is 0 Å². The van der Waals surface area contributed by atoms with Crippen molar-refractivity contribution in [2.45, 2.75) is 18.5 Å². The molecule has 8 heteroatoms. The molecule has 0 saturated carbocycles. The summed E-state index contributed by atoms with van der Waals surface area (Å²) in [5, 5.41) is 49.2. The third-order valence-electron chi connectivity index (χ3n) is 4.20. The molecular weight excluding hydrogens is 320 g/mol. The van der Waals surface area contributed by atoms with E-state index < -0.39 is 29.2 Å². The maximum atomic E-state index is 12.7. The molecule has 0 bridgehead atoms. The van der Waals surface area contributed by atoms with Crippen molar-refractivity contribution < 1.29 is 39.8 Å². The van der Waals surface area contributed by atoms with E-state index in [9.17, 15) is 30.3 Å². The van der Waals surface area contributed by atoms with Crippen LogP contribution in [0, 0.1) is 0 Å². The van der Waals surface area contributed by atoms with Gasteiger partial charge in [-0.25, -0.2) is 0 Å². The number of carbonyl (C=O) groups excluding carboxylic acids is 1. The molecule has 1 spiro atoms. The Hall–Kier alpha value is -2.97. The van der Waals surface area contributed by atoms with E-state index in [1.807, 2.05) is 0 Å². The fourth-order valence-corrected chi connectivity index (χ4v) is 3.04. The van der Waals surface area contributed by atoms with Crippen molar-refractivity contribution in [2.75, 3.05) is 0 Å². The number of aliphatic hydroxyl groups excluding tert-OH is 1. The number of benzene rings is 2. The Kier molecular flexibility index (Phi) is 2.76. The van der Waals surface area contributed by atoms with Gasteiger partial charge in [0.05, 0.1) is 6.61 Å². The van der Waals surface area contributed by atoms with Gasteiger partial charge in [-0.3, -0.25) is 4.79 Å². The zero-order chi connectivity index (χ0) is 17.2. The van der Waals surface area contributed by atoms with Crippen LogP contribution in [0.25, 0.3) is 0 Å². The minimum atomic E-state index is -2.13. The summed E-state index contributed by atoms with van der Waals surface area (Å²) >= 11 is 0. The summed E-state index contributed by atoms with van der Waals surface area (Å²) in [5.41, 5.74) is 0.322. The van der Waals surface area contributed by atoms with Gasteiger partial charge in [-0.15, -0.1) is 0 Å². The number of hydrogen-bond donors (Lipinski definition) is 5. The highest BCUT2D eigenvalue weighted by Crippen LogP contribution is 2.51. The maximum Gasteiger partial charge on any atom is 0.306 e. The minimum Gasteiger partial charge on any atom is -0.508 e. The van der Waals surface area contributed by atoms with Gasteiger partial charge in [0, 0.05) is 12.1 Å². The van der Waals surface area contributed by atoms with Crippen LogP contribution in [0.3, 0.4) is 0 Å². The lowest BCUT2D eigenvalue weighted by Gasteiger charge is -2.36. The van der Waals surface area contributed by atoms with E-state index in [0.717, 1.165) is 18.2 Å². The van der Waals surface area contributed by atoms with Gasteiger partial charge in [0.1, 0.15) is 22.8 Å². The fourth-order valence-electron chi connectivity index (χ4n) is 3.04. The highest BCUT2D eigenvalue weighted by molar-refractivity contribution is 6.09. The molecule has 2 aliphatic rings. The summed E-state index contributed by atoms with van der Waals surface area (Å²) < 4.78 is 10.9. The van der Waals surface area contributed by atoms with E-state index in [-0.39, 0.29) is 35.0 Å². The molecule has 0 radical (unpaired) electrons. The summed E-state index contributed by atoms with van der Waals surface area (Å²) in [6, 6.07) is 4.45. The Labute approximate surface area is 134 Å². The molecule has 2 heterocycles. The van der Waals surface area contributed by atoms with Gasteiger partial charge < -0.3 is 35.0 Å². The lowest BCUT2D eigenvalue weighted by atomic mass is 9.89. The summed E-state index contributed by atoms with van der Waals surface area (Å²) in [5.74, 6) is -4.72. The van der Waals surface area contributed by atoms with Crippen molar-refractivity contribution in [1.29, 1.82) is 0 Å². The van der Waals surface area contributed by atoms with Gasteiger partial charge in [-0.05, 0) is 23.3 Å². The van der Waals surface area contributed by atoms with Crippen LogP contribution in [0.2, 0.25) is 0 Å². The summed E-state index contributed by atoms with van der Waals surface area (Å²) in [6.45, 7) is -0.174. The first kappa shape index (κ1) is 14.6. The van der Waals surface area contributed by atoms with Gasteiger partial charge in [-0.2, -0.15) is 0 Å². The van der Waals surface area contributed by atoms with Gasteiger partial charge in [-0.1, -0.05) is 0 Å². The summed E-state index contributed by atoms with van der Waals surface area (Å²) in [4.78, 5) is 12.7. The second-order valence-corrected chi connectivity index (χ2v) is 5.67. The molecule has 0 aromatic heterocycles. The molecule has 124 valence electrons. The molecule has 0 aliphatic carbocycles. The van der Waals surface area contributed by atoms with Gasteiger partial charge >= 0.3 is 5.79 Å². The highest BCUT2D eigenvalue weighted by Gasteiger charge is 2.59. The lowest BCUT2D eigenvalue weighted by Crippen LogP contribution is -2.51. The van der Waals surface area contributed by atoms with Gasteiger partial charge in [0.25, 0.3) is 0 Å². The average molecular weight is 332 g/mol. The number of ketones is 1. The number of phenolic OH excluding ortho intramolecular Hbond substituents is 4. The maximum absolute atomic E-state index is 12.7. The van der Waals surface area contributed by atoms with Crippen molar-refractivity contribution in [3.8, 4) is 28.7 Å². The Balaban J connectivity index is 1.85. The van der Waals surface area contributed by atoms with Crippen LogP contribution in [0.4, 0.5) is 0 Å². The Morgan fingerprint density at radius 3 is 2.46 bits per heavy atom. The number of hydrogen-bond acceptors (Lipinski definition) is 8. The molecule has 0 fully saturated rings. The third kappa shape index (κ3) is 1.72. The quantitative estimate of drug-likeness (QED) is 0.451. The van der Waals surface area contributed by atoms with Crippen LogP contribution < -0.4 is 4.74 Å². The minimum absolute atomic E-state index is 0.122. The Morgan fingerprint density at radius 1 is 1.00 bits per heavy atom. The number of rotatable bonds is 0. The number of ether oxygens (including phenoxy) is 2. The number of Topliss-reactive ketones (excluding diaryl/α,β-unsaturated/α-hetero) is 1. The lowest BCUT2D eigenvalue weighted by molar-refractivity contribution is -0.215. The zero-order valence-electron chi connectivity index (χ0n) is 12.1. The van der Waals surface area contributed by atoms with E-state index in [1.54, 1.807) is 0 Å². The molecule has 24 heavy (non-hydrogen) atoms. The van der Waals surface area contributed by atoms with Crippen molar-refractivity contribution in [1.82, 2.24) is 0 Å². The smallest absolute Gasteiger partial charge is 0.306 e. The van der Waals surface area contributed by atoms with Crippen LogP contribution in [-0.4, -0.2) is 37.1 Å². The number of carbonyl (C=O) groups is 1. The van der Waals surface area contributed by atoms with Gasteiger partial charge in [0.15, 0.2) is 17.6 Å². The monoisotopic (exact) mass is 332 g/mol. The van der Waals surface area contributed by atoms with E-state index >= 15 is 0 Å². The van der Waals surface area contributed by atoms with Crippen molar-refractivity contribution in [2.24, 2.45) is 0 Å². The van der Waals surface area contributed by atoms with Crippen molar-refractivity contribution in [3.05, 3.63) is 41.0 Å². The molecule has 5 N–H and O–H groups in total. The predicted octanol–water partition coefficient (Wildman–Crippen LogP) is 1.04. The molecule has 0 amide bonds. The number of aliphatic hydroxyl groups is 1. The first-order valence-electron chi connectivity index (χ1n) is 7.00. The zero-order valence-corrected chi connectivity index (χ0v) is 12.1. The molecule has 2 aromatic rings. The van der Waals surface area contributed by atoms with E-state index in [0.29, 0.717) is 5.56 Å². The number of aromatic hydroxyl groups is 4. The summed E-state index contributed by atoms with van der Waals surface area (Å²) in [7, 11) is 0. The first-order valence-corrected chi connectivity index (χ1v) is 7.00. The van der Waals surface area contributed by atoms with Crippen LogP contribution in [0.5, 0.6) is 28.7 Å². The van der Waals surface area contributed by atoms with E-state index in [1.165, 1.54) is 6.07 Å². The fraction of sp³-hybridized carbons (Fsp3) is 0.188. The average Bonchev–Trinajstić information content (AvgIpc) is 2.79. The van der Waals surface area contributed by atoms with E-state index in [4.69, 9.17) is 9.47 Å². The standard InChI is InChI=1S/C16H12O8/c17-7-2-11(20)13-12(3-7)24-16(15(13)22)14(21)8-4-10(19)9(18)1-6(8)5-23-16/h1-4,14,17-21H,5H2/t14-,16-/m1/s1. The van der Waals surface area contributed by atoms with Crippen LogP contribution in [0.1, 0.15) is 27.6 Å². The second-order valence-electron chi connectivity index (χ2n) is 5.67. The van der Waals surface area contributed by atoms with Crippen LogP contribution in [-0.2, 0) is 11.3 Å². The van der Waals surface area contributed by atoms with Crippen LogP contribution in [0.15, 0.2) is 24.3 Å². The SMILES string of the molecule is O=C1c2c(O)cc(O)cc2O[C@@]12OCc1cc(O)c(O)cc1[C@H]2O. The number of phenols is 4. The normalized spacial score (nSPS) is 24.5. The van der Waals surface area contributed by atoms with Crippen LogP contribution >= 0.6 is 0 Å². The third-order valence-corrected chi connectivity index (χ3v) is 4.20. The topological polar surface area (TPSA) is 137 Å². The predicted molar refractivity (Wildman–Crippen MR) is 77.0 cm³/mol. The highest BCUT2D eigenvalue weighted by atomic mass is 16.7. The Bertz CT molecular complexity index is 890. The van der Waals surface area contributed by atoms with Gasteiger partial charge in [0.2, 0.25) is 5.78 Å². The first-order chi connectivity index (χ1) is 11.3. The molecule has 8 nitrogen and oxygen atoms in total. The number of fused-ring (bicyclic) bond motifs is 2. The van der Waals surface area contributed by atoms with Crippen molar-refractivity contribution >= 4 is 5.78 Å². The molecule has 2 aromatic carbocycles. The molecule has 2 atom stereocenters. The molecular formula is C16H12O8. The second kappa shape index (κ2) is 4.53.